The van der Waals surface area contributed by atoms with Crippen molar-refractivity contribution in [3.63, 3.8) is 0 Å². The molecule has 1 heterocycles. The molecule has 1 amide bonds. The Labute approximate surface area is 156 Å². The van der Waals surface area contributed by atoms with Crippen LogP contribution in [0.1, 0.15) is 55.1 Å². The molecule has 140 valence electrons. The molecule has 0 saturated heterocycles. The first-order chi connectivity index (χ1) is 12.6. The molecule has 4 heteroatoms. The fraction of sp³-hybridized carbons (Fsp3) is 0.500. The molecule has 0 aliphatic heterocycles. The second-order valence-electron chi connectivity index (χ2n) is 7.61. The minimum atomic E-state index is -0.0623. The van der Waals surface area contributed by atoms with E-state index in [0.29, 0.717) is 12.5 Å². The zero-order chi connectivity index (χ0) is 18.4. The molecule has 2 aromatic rings. The molecule has 1 aliphatic rings. The standard InChI is InChI=1S/C22H30N2O2/c1-24(2)16-20-14-13-19(26-20)15-23-22(25)21(17-9-5-3-6-10-17)18-11-7-4-8-12-18/h3,5-6,9-10,13-14,18,21H,4,7-8,11-12,15-16H2,1-2H3,(H,23,25)/t21-/m1/s1. The molecule has 3 rings (SSSR count). The van der Waals surface area contributed by atoms with Gasteiger partial charge in [0.1, 0.15) is 11.5 Å². The highest BCUT2D eigenvalue weighted by Crippen LogP contribution is 2.36. The number of furan rings is 1. The van der Waals surface area contributed by atoms with Crippen LogP contribution in [0.5, 0.6) is 0 Å². The van der Waals surface area contributed by atoms with Crippen molar-refractivity contribution in [1.82, 2.24) is 10.2 Å². The Bertz CT molecular complexity index is 687. The van der Waals surface area contributed by atoms with Crippen LogP contribution < -0.4 is 5.32 Å². The number of rotatable bonds is 7. The van der Waals surface area contributed by atoms with Crippen molar-refractivity contribution in [3.05, 3.63) is 59.5 Å². The van der Waals surface area contributed by atoms with Gasteiger partial charge in [0.25, 0.3) is 0 Å². The van der Waals surface area contributed by atoms with Gasteiger partial charge in [-0.05, 0) is 50.6 Å². The van der Waals surface area contributed by atoms with E-state index in [2.05, 4.69) is 22.3 Å². The van der Waals surface area contributed by atoms with Crippen LogP contribution in [0.25, 0.3) is 0 Å². The summed E-state index contributed by atoms with van der Waals surface area (Å²) in [5.74, 6) is 2.23. The Morgan fingerprint density at radius 3 is 2.46 bits per heavy atom. The normalized spacial score (nSPS) is 16.6. The van der Waals surface area contributed by atoms with Crippen LogP contribution in [-0.2, 0) is 17.9 Å². The predicted octanol–water partition coefficient (Wildman–Crippen LogP) is 4.32. The SMILES string of the molecule is CN(C)Cc1ccc(CNC(=O)[C@H](c2ccccc2)C2CCCCC2)o1. The maximum atomic E-state index is 13.0. The van der Waals surface area contributed by atoms with Crippen LogP contribution in [0, 0.1) is 5.92 Å². The first-order valence-electron chi connectivity index (χ1n) is 9.68. The number of amides is 1. The fourth-order valence-corrected chi connectivity index (χ4v) is 3.96. The van der Waals surface area contributed by atoms with Gasteiger partial charge in [-0.1, -0.05) is 49.6 Å². The van der Waals surface area contributed by atoms with Crippen LogP contribution >= 0.6 is 0 Å². The topological polar surface area (TPSA) is 45.5 Å². The van der Waals surface area contributed by atoms with E-state index in [0.717, 1.165) is 36.5 Å². The molecule has 0 radical (unpaired) electrons. The molecule has 4 nitrogen and oxygen atoms in total. The van der Waals surface area contributed by atoms with Gasteiger partial charge in [0.15, 0.2) is 0 Å². The Balaban J connectivity index is 1.66. The van der Waals surface area contributed by atoms with Crippen molar-refractivity contribution < 1.29 is 9.21 Å². The van der Waals surface area contributed by atoms with Gasteiger partial charge in [-0.25, -0.2) is 0 Å². The maximum Gasteiger partial charge on any atom is 0.228 e. The van der Waals surface area contributed by atoms with Gasteiger partial charge < -0.3 is 14.6 Å². The van der Waals surface area contributed by atoms with Crippen molar-refractivity contribution >= 4 is 5.91 Å². The summed E-state index contributed by atoms with van der Waals surface area (Å²) < 4.78 is 5.82. The number of benzene rings is 1. The summed E-state index contributed by atoms with van der Waals surface area (Å²) in [5.41, 5.74) is 1.13. The highest BCUT2D eigenvalue weighted by molar-refractivity contribution is 5.84. The number of carbonyl (C=O) groups is 1. The zero-order valence-corrected chi connectivity index (χ0v) is 15.9. The minimum Gasteiger partial charge on any atom is -0.463 e. The summed E-state index contributed by atoms with van der Waals surface area (Å²) in [6, 6.07) is 14.2. The maximum absolute atomic E-state index is 13.0. The number of hydrogen-bond acceptors (Lipinski definition) is 3. The summed E-state index contributed by atoms with van der Waals surface area (Å²) in [5, 5.41) is 3.12. The van der Waals surface area contributed by atoms with E-state index in [1.54, 1.807) is 0 Å². The van der Waals surface area contributed by atoms with Gasteiger partial charge in [-0.15, -0.1) is 0 Å². The van der Waals surface area contributed by atoms with E-state index in [1.165, 1.54) is 19.3 Å². The van der Waals surface area contributed by atoms with Gasteiger partial charge in [-0.3, -0.25) is 4.79 Å². The first-order valence-corrected chi connectivity index (χ1v) is 9.68. The Kier molecular flexibility index (Phi) is 6.51. The van der Waals surface area contributed by atoms with Gasteiger partial charge in [0, 0.05) is 0 Å². The monoisotopic (exact) mass is 354 g/mol. The zero-order valence-electron chi connectivity index (χ0n) is 15.9. The average molecular weight is 354 g/mol. The van der Waals surface area contributed by atoms with Gasteiger partial charge >= 0.3 is 0 Å². The fourth-order valence-electron chi connectivity index (χ4n) is 3.96. The van der Waals surface area contributed by atoms with Crippen LogP contribution in [-0.4, -0.2) is 24.9 Å². The molecule has 0 bridgehead atoms. The second-order valence-corrected chi connectivity index (χ2v) is 7.61. The van der Waals surface area contributed by atoms with Crippen LogP contribution in [0.4, 0.5) is 0 Å². The highest BCUT2D eigenvalue weighted by atomic mass is 16.3. The van der Waals surface area contributed by atoms with Gasteiger partial charge in [0.2, 0.25) is 5.91 Å². The molecule has 0 unspecified atom stereocenters. The lowest BCUT2D eigenvalue weighted by molar-refractivity contribution is -0.124. The van der Waals surface area contributed by atoms with E-state index >= 15 is 0 Å². The summed E-state index contributed by atoms with van der Waals surface area (Å²) in [4.78, 5) is 15.1. The van der Waals surface area contributed by atoms with Crippen molar-refractivity contribution in [3.8, 4) is 0 Å². The van der Waals surface area contributed by atoms with Crippen molar-refractivity contribution in [1.29, 1.82) is 0 Å². The molecule has 1 aromatic carbocycles. The summed E-state index contributed by atoms with van der Waals surface area (Å²) in [7, 11) is 4.02. The Morgan fingerprint density at radius 2 is 1.77 bits per heavy atom. The summed E-state index contributed by atoms with van der Waals surface area (Å²) in [6.45, 7) is 1.21. The lowest BCUT2D eigenvalue weighted by Crippen LogP contribution is -2.34. The van der Waals surface area contributed by atoms with Crippen LogP contribution in [0.15, 0.2) is 46.9 Å². The molecule has 26 heavy (non-hydrogen) atoms. The van der Waals surface area contributed by atoms with Crippen molar-refractivity contribution in [2.24, 2.45) is 5.92 Å². The molecular weight excluding hydrogens is 324 g/mol. The molecule has 1 N–H and O–H groups in total. The predicted molar refractivity (Wildman–Crippen MR) is 104 cm³/mol. The lowest BCUT2D eigenvalue weighted by atomic mass is 9.76. The minimum absolute atomic E-state index is 0.0623. The molecule has 1 aromatic heterocycles. The number of nitrogens with one attached hydrogen (secondary N) is 1. The third kappa shape index (κ3) is 4.98. The molecule has 1 atom stereocenters. The van der Waals surface area contributed by atoms with Crippen LogP contribution in [0.3, 0.4) is 0 Å². The van der Waals surface area contributed by atoms with E-state index in [9.17, 15) is 4.79 Å². The molecular formula is C22H30N2O2. The van der Waals surface area contributed by atoms with Crippen molar-refractivity contribution in [2.75, 3.05) is 14.1 Å². The summed E-state index contributed by atoms with van der Waals surface area (Å²) in [6.07, 6.45) is 6.03. The second kappa shape index (κ2) is 9.04. The van der Waals surface area contributed by atoms with E-state index in [-0.39, 0.29) is 11.8 Å². The van der Waals surface area contributed by atoms with E-state index < -0.39 is 0 Å². The average Bonchev–Trinajstić information content (AvgIpc) is 3.09. The van der Waals surface area contributed by atoms with E-state index in [1.807, 2.05) is 44.4 Å². The number of carbonyl (C=O) groups excluding carboxylic acids is 1. The molecule has 1 aliphatic carbocycles. The van der Waals surface area contributed by atoms with Crippen LogP contribution in [0.2, 0.25) is 0 Å². The van der Waals surface area contributed by atoms with E-state index in [4.69, 9.17) is 4.42 Å². The van der Waals surface area contributed by atoms with Crippen molar-refractivity contribution in [2.45, 2.75) is 51.1 Å². The molecule has 0 spiro atoms. The Morgan fingerprint density at radius 1 is 1.08 bits per heavy atom. The van der Waals surface area contributed by atoms with Gasteiger partial charge in [-0.2, -0.15) is 0 Å². The highest BCUT2D eigenvalue weighted by Gasteiger charge is 2.30. The molecule has 1 fully saturated rings. The third-order valence-corrected chi connectivity index (χ3v) is 5.19. The smallest absolute Gasteiger partial charge is 0.228 e. The summed E-state index contributed by atoms with van der Waals surface area (Å²) >= 11 is 0. The largest absolute Gasteiger partial charge is 0.463 e. The lowest BCUT2D eigenvalue weighted by Gasteiger charge is -2.29. The number of nitrogens with zero attached hydrogens (tertiary/aromatic N) is 1. The quantitative estimate of drug-likeness (QED) is 0.805. The first kappa shape index (κ1) is 18.7. The molecule has 1 saturated carbocycles. The van der Waals surface area contributed by atoms with Gasteiger partial charge in [0.05, 0.1) is 19.0 Å². The Hall–Kier alpha value is -2.07. The number of hydrogen-bond donors (Lipinski definition) is 1. The third-order valence-electron chi connectivity index (χ3n) is 5.19.